The Bertz CT molecular complexity index is 842. The highest BCUT2D eigenvalue weighted by molar-refractivity contribution is 5.99. The quantitative estimate of drug-likeness (QED) is 0.531. The Morgan fingerprint density at radius 3 is 2.48 bits per heavy atom. The molecule has 0 saturated heterocycles. The van der Waals surface area contributed by atoms with Crippen molar-refractivity contribution in [2.75, 3.05) is 19.7 Å². The van der Waals surface area contributed by atoms with Crippen LogP contribution in [0.5, 0.6) is 0 Å². The molecule has 0 aliphatic carbocycles. The lowest BCUT2D eigenvalue weighted by atomic mass is 10.0. The molecule has 8 heteroatoms. The van der Waals surface area contributed by atoms with Gasteiger partial charge in [-0.15, -0.1) is 0 Å². The molecule has 2 amide bonds. The van der Waals surface area contributed by atoms with Crippen LogP contribution in [0.3, 0.4) is 0 Å². The average Bonchev–Trinajstić information content (AvgIpc) is 3.17. The average molecular weight is 372 g/mol. The lowest BCUT2D eigenvalue weighted by molar-refractivity contribution is -0.142. The number of benzene rings is 1. The van der Waals surface area contributed by atoms with Crippen LogP contribution in [0.15, 0.2) is 41.0 Å². The molecule has 0 saturated carbocycles. The lowest BCUT2D eigenvalue weighted by Crippen LogP contribution is -2.39. The van der Waals surface area contributed by atoms with Gasteiger partial charge < -0.3 is 19.8 Å². The van der Waals surface area contributed by atoms with Crippen molar-refractivity contribution in [1.82, 2.24) is 10.6 Å². The molecule has 0 radical (unpaired) electrons. The van der Waals surface area contributed by atoms with Crippen molar-refractivity contribution in [2.24, 2.45) is 0 Å². The predicted octanol–water partition coefficient (Wildman–Crippen LogP) is 1.17. The normalized spacial score (nSPS) is 10.1. The van der Waals surface area contributed by atoms with Gasteiger partial charge in [0.25, 0.3) is 5.91 Å². The number of ether oxygens (including phenoxy) is 1. The van der Waals surface area contributed by atoms with Crippen molar-refractivity contribution >= 4 is 23.6 Å². The van der Waals surface area contributed by atoms with Gasteiger partial charge >= 0.3 is 5.97 Å². The number of ketones is 1. The van der Waals surface area contributed by atoms with Gasteiger partial charge in [0.1, 0.15) is 6.54 Å². The molecule has 0 bridgehead atoms. The summed E-state index contributed by atoms with van der Waals surface area (Å²) in [6.45, 7) is 2.58. The molecule has 0 unspecified atom stereocenters. The van der Waals surface area contributed by atoms with Crippen molar-refractivity contribution in [2.45, 2.75) is 13.8 Å². The van der Waals surface area contributed by atoms with Crippen LogP contribution in [-0.2, 0) is 14.3 Å². The third kappa shape index (κ3) is 6.10. The minimum atomic E-state index is -0.751. The van der Waals surface area contributed by atoms with Gasteiger partial charge in [0.05, 0.1) is 12.8 Å². The van der Waals surface area contributed by atoms with E-state index in [1.807, 2.05) is 13.0 Å². The number of hydrogen-bond donors (Lipinski definition) is 2. The van der Waals surface area contributed by atoms with Crippen molar-refractivity contribution < 1.29 is 28.3 Å². The van der Waals surface area contributed by atoms with E-state index in [1.54, 1.807) is 25.1 Å². The number of aryl methyl sites for hydroxylation is 2. The largest absolute Gasteiger partial charge is 0.459 e. The van der Waals surface area contributed by atoms with Crippen LogP contribution in [-0.4, -0.2) is 43.3 Å². The SMILES string of the molecule is Cc1ccc(C(=O)COC(=O)CNC(=O)CNC(=O)c2ccco2)c(C)c1. The summed E-state index contributed by atoms with van der Waals surface area (Å²) < 4.78 is 9.75. The first-order chi connectivity index (χ1) is 12.9. The number of carbonyl (C=O) groups is 4. The maximum atomic E-state index is 12.1. The molecule has 1 aromatic heterocycles. The molecular weight excluding hydrogens is 352 g/mol. The van der Waals surface area contributed by atoms with E-state index < -0.39 is 30.9 Å². The van der Waals surface area contributed by atoms with Crippen molar-refractivity contribution in [3.8, 4) is 0 Å². The second-order valence-electron chi connectivity index (χ2n) is 5.84. The molecule has 2 N–H and O–H groups in total. The maximum absolute atomic E-state index is 12.1. The fourth-order valence-corrected chi connectivity index (χ4v) is 2.29. The van der Waals surface area contributed by atoms with E-state index in [0.29, 0.717) is 5.56 Å². The Morgan fingerprint density at radius 1 is 1.04 bits per heavy atom. The standard InChI is InChI=1S/C19H20N2O6/c1-12-5-6-14(13(2)8-12)15(22)11-27-18(24)10-20-17(23)9-21-19(25)16-4-3-7-26-16/h3-8H,9-11H2,1-2H3,(H,20,23)(H,21,25). The Balaban J connectivity index is 1.68. The van der Waals surface area contributed by atoms with Crippen LogP contribution in [0.25, 0.3) is 0 Å². The van der Waals surface area contributed by atoms with E-state index in [0.717, 1.165) is 11.1 Å². The molecule has 1 heterocycles. The van der Waals surface area contributed by atoms with Crippen molar-refractivity contribution in [3.63, 3.8) is 0 Å². The fourth-order valence-electron chi connectivity index (χ4n) is 2.29. The Hall–Kier alpha value is -3.42. The molecule has 142 valence electrons. The Kier molecular flexibility index (Phi) is 6.87. The third-order valence-corrected chi connectivity index (χ3v) is 3.63. The minimum absolute atomic E-state index is 0.0760. The van der Waals surface area contributed by atoms with Gasteiger partial charge in [-0.3, -0.25) is 19.2 Å². The summed E-state index contributed by atoms with van der Waals surface area (Å²) in [6, 6.07) is 8.36. The summed E-state index contributed by atoms with van der Waals surface area (Å²) in [5, 5.41) is 4.64. The third-order valence-electron chi connectivity index (χ3n) is 3.63. The van der Waals surface area contributed by atoms with Gasteiger partial charge in [-0.05, 0) is 31.5 Å². The van der Waals surface area contributed by atoms with E-state index in [4.69, 9.17) is 9.15 Å². The van der Waals surface area contributed by atoms with Crippen molar-refractivity contribution in [3.05, 3.63) is 59.0 Å². The molecule has 0 spiro atoms. The Labute approximate surface area is 155 Å². The van der Waals surface area contributed by atoms with Gasteiger partial charge in [0.15, 0.2) is 12.4 Å². The number of carbonyl (C=O) groups excluding carboxylic acids is 4. The number of esters is 1. The number of nitrogens with one attached hydrogen (secondary N) is 2. The van der Waals surface area contributed by atoms with E-state index in [1.165, 1.54) is 12.3 Å². The topological polar surface area (TPSA) is 115 Å². The molecule has 0 aliphatic rings. The molecule has 1 aromatic carbocycles. The van der Waals surface area contributed by atoms with E-state index in [9.17, 15) is 19.2 Å². The molecule has 0 aliphatic heterocycles. The Morgan fingerprint density at radius 2 is 1.81 bits per heavy atom. The minimum Gasteiger partial charge on any atom is -0.459 e. The summed E-state index contributed by atoms with van der Waals surface area (Å²) in [5.74, 6) is -2.12. The molecule has 8 nitrogen and oxygen atoms in total. The highest BCUT2D eigenvalue weighted by Crippen LogP contribution is 2.11. The van der Waals surface area contributed by atoms with Crippen LogP contribution in [0, 0.1) is 13.8 Å². The summed E-state index contributed by atoms with van der Waals surface area (Å²) in [7, 11) is 0. The van der Waals surface area contributed by atoms with Gasteiger partial charge in [0, 0.05) is 5.56 Å². The second-order valence-corrected chi connectivity index (χ2v) is 5.84. The second kappa shape index (κ2) is 9.33. The summed E-state index contributed by atoms with van der Waals surface area (Å²) in [5.41, 5.74) is 2.32. The molecule has 0 fully saturated rings. The zero-order valence-corrected chi connectivity index (χ0v) is 15.0. The lowest BCUT2D eigenvalue weighted by Gasteiger charge is -2.08. The first-order valence-electron chi connectivity index (χ1n) is 8.21. The van der Waals surface area contributed by atoms with Gasteiger partial charge in [0.2, 0.25) is 11.7 Å². The summed E-state index contributed by atoms with van der Waals surface area (Å²) in [4.78, 5) is 47.0. The highest BCUT2D eigenvalue weighted by atomic mass is 16.5. The van der Waals surface area contributed by atoms with Crippen LogP contribution in [0.4, 0.5) is 0 Å². The molecule has 0 atom stereocenters. The zero-order valence-electron chi connectivity index (χ0n) is 15.0. The fraction of sp³-hybridized carbons (Fsp3) is 0.263. The van der Waals surface area contributed by atoms with Crippen LogP contribution in [0.1, 0.15) is 32.0 Å². The highest BCUT2D eigenvalue weighted by Gasteiger charge is 2.14. The molecule has 2 rings (SSSR count). The molecule has 27 heavy (non-hydrogen) atoms. The van der Waals surface area contributed by atoms with E-state index >= 15 is 0 Å². The summed E-state index contributed by atoms with van der Waals surface area (Å²) >= 11 is 0. The first-order valence-corrected chi connectivity index (χ1v) is 8.21. The van der Waals surface area contributed by atoms with Crippen LogP contribution >= 0.6 is 0 Å². The number of furan rings is 1. The van der Waals surface area contributed by atoms with Crippen molar-refractivity contribution in [1.29, 1.82) is 0 Å². The van der Waals surface area contributed by atoms with Gasteiger partial charge in [-0.1, -0.05) is 23.8 Å². The number of hydrogen-bond acceptors (Lipinski definition) is 6. The predicted molar refractivity (Wildman–Crippen MR) is 95.3 cm³/mol. The summed E-state index contributed by atoms with van der Waals surface area (Å²) in [6.07, 6.45) is 1.34. The zero-order chi connectivity index (χ0) is 19.8. The molecule has 2 aromatic rings. The van der Waals surface area contributed by atoms with E-state index in [2.05, 4.69) is 10.6 Å². The first kappa shape index (κ1) is 19.9. The maximum Gasteiger partial charge on any atom is 0.325 e. The molecular formula is C19H20N2O6. The van der Waals surface area contributed by atoms with Gasteiger partial charge in [-0.25, -0.2) is 0 Å². The smallest absolute Gasteiger partial charge is 0.325 e. The monoisotopic (exact) mass is 372 g/mol. The van der Waals surface area contributed by atoms with Crippen LogP contribution in [0.2, 0.25) is 0 Å². The number of amides is 2. The van der Waals surface area contributed by atoms with Crippen LogP contribution < -0.4 is 10.6 Å². The van der Waals surface area contributed by atoms with E-state index in [-0.39, 0.29) is 18.1 Å². The van der Waals surface area contributed by atoms with Gasteiger partial charge in [-0.2, -0.15) is 0 Å². The number of rotatable bonds is 8. The number of Topliss-reactive ketones (excluding diaryl/α,β-unsaturated/α-hetero) is 1.